The Morgan fingerprint density at radius 1 is 1.30 bits per heavy atom. The lowest BCUT2D eigenvalue weighted by atomic mass is 10.5. The first kappa shape index (κ1) is 10.6. The second kappa shape index (κ2) is 3.82. The van der Waals surface area contributed by atoms with Crippen LogP contribution >= 0.6 is 6.49 Å². The van der Waals surface area contributed by atoms with Gasteiger partial charge >= 0.3 is 0 Å². The fourth-order valence-electron chi connectivity index (χ4n) is 0.416. The van der Waals surface area contributed by atoms with Gasteiger partial charge in [-0.1, -0.05) is 25.7 Å². The van der Waals surface area contributed by atoms with Crippen molar-refractivity contribution in [3.63, 3.8) is 0 Å². The Morgan fingerprint density at radius 2 is 1.70 bits per heavy atom. The van der Waals surface area contributed by atoms with E-state index in [1.807, 2.05) is 27.7 Å². The first-order valence-corrected chi connectivity index (χ1v) is 6.06. The van der Waals surface area contributed by atoms with E-state index in [1.54, 1.807) is 0 Å². The minimum atomic E-state index is -2.74. The summed E-state index contributed by atoms with van der Waals surface area (Å²) < 4.78 is 5.07. The minimum absolute atomic E-state index is 0.0364. The van der Waals surface area contributed by atoms with Gasteiger partial charge in [0.15, 0.2) is 0 Å². The Bertz CT molecular complexity index is 145. The Hall–Kier alpha value is 0.570. The van der Waals surface area contributed by atoms with Crippen molar-refractivity contribution in [2.75, 3.05) is 0 Å². The molecule has 0 aliphatic rings. The molecule has 4 heteroatoms. The minimum Gasteiger partial charge on any atom is -0.800 e. The smallest absolute Gasteiger partial charge is 0.0555 e. The van der Waals surface area contributed by atoms with Crippen molar-refractivity contribution < 1.29 is 9.42 Å². The maximum absolute atomic E-state index is 11.3. The summed E-state index contributed by atoms with van der Waals surface area (Å²) in [6.45, 7) is 4.56. The van der Waals surface area contributed by atoms with Gasteiger partial charge in [0.25, 0.3) is 0 Å². The molecule has 0 aromatic rings. The van der Waals surface area contributed by atoms with Crippen LogP contribution in [-0.2, 0) is 16.3 Å². The summed E-state index contributed by atoms with van der Waals surface area (Å²) in [6.07, 6.45) is -0.0364. The zero-order chi connectivity index (χ0) is 8.36. The van der Waals surface area contributed by atoms with Crippen molar-refractivity contribution in [2.45, 2.75) is 39.5 Å². The average Bonchev–Trinajstić information content (AvgIpc) is 1.60. The Kier molecular flexibility index (Phi) is 4.03. The molecule has 0 spiro atoms. The molecule has 0 aromatic heterocycles. The summed E-state index contributed by atoms with van der Waals surface area (Å²) in [7, 11) is 0. The van der Waals surface area contributed by atoms with E-state index in [-0.39, 0.29) is 11.8 Å². The van der Waals surface area contributed by atoms with E-state index in [9.17, 15) is 4.89 Å². The molecule has 10 heavy (non-hydrogen) atoms. The molecule has 0 radical (unpaired) electrons. The van der Waals surface area contributed by atoms with Crippen LogP contribution in [0.25, 0.3) is 0 Å². The normalized spacial score (nSPS) is 17.9. The summed E-state index contributed by atoms with van der Waals surface area (Å²) in [6, 6.07) is 0. The van der Waals surface area contributed by atoms with Crippen LogP contribution in [0.1, 0.15) is 27.7 Å². The molecule has 0 rings (SSSR count). The topological polar surface area (TPSA) is 32.3 Å². The highest BCUT2D eigenvalue weighted by atomic mass is 32.5. The summed E-state index contributed by atoms with van der Waals surface area (Å²) >= 11 is 4.78. The molecule has 62 valence electrons. The molecule has 0 bridgehead atoms. The van der Waals surface area contributed by atoms with Crippen LogP contribution in [0.4, 0.5) is 0 Å². The van der Waals surface area contributed by atoms with Gasteiger partial charge in [-0.05, 0) is 26.0 Å². The Balaban J connectivity index is 4.01. The maximum Gasteiger partial charge on any atom is 0.0555 e. The molecule has 0 saturated carbocycles. The highest BCUT2D eigenvalue weighted by molar-refractivity contribution is 8.09. The van der Waals surface area contributed by atoms with Crippen LogP contribution in [0.15, 0.2) is 0 Å². The van der Waals surface area contributed by atoms with Crippen LogP contribution in [0.5, 0.6) is 0 Å². The predicted molar refractivity (Wildman–Crippen MR) is 45.6 cm³/mol. The van der Waals surface area contributed by atoms with E-state index >= 15 is 0 Å². The molecular weight excluding hydrogens is 167 g/mol. The SMILES string of the molecule is CC(C)OP([O-])(=S)C(C)C. The molecule has 0 aromatic carbocycles. The lowest BCUT2D eigenvalue weighted by Gasteiger charge is -2.33. The number of hydrogen-bond acceptors (Lipinski definition) is 3. The monoisotopic (exact) mass is 181 g/mol. The molecule has 1 atom stereocenters. The van der Waals surface area contributed by atoms with Crippen LogP contribution in [-0.4, -0.2) is 11.8 Å². The van der Waals surface area contributed by atoms with E-state index in [2.05, 4.69) is 0 Å². The molecule has 2 nitrogen and oxygen atoms in total. The van der Waals surface area contributed by atoms with Crippen LogP contribution in [0.3, 0.4) is 0 Å². The van der Waals surface area contributed by atoms with Gasteiger partial charge < -0.3 is 9.42 Å². The van der Waals surface area contributed by atoms with Crippen molar-refractivity contribution in [3.8, 4) is 0 Å². The first-order valence-electron chi connectivity index (χ1n) is 3.35. The lowest BCUT2D eigenvalue weighted by molar-refractivity contribution is -0.186. The van der Waals surface area contributed by atoms with E-state index < -0.39 is 6.49 Å². The van der Waals surface area contributed by atoms with Gasteiger partial charge in [-0.25, -0.2) is 0 Å². The van der Waals surface area contributed by atoms with E-state index in [4.69, 9.17) is 16.3 Å². The van der Waals surface area contributed by atoms with Crippen molar-refractivity contribution in [1.82, 2.24) is 0 Å². The fourth-order valence-corrected chi connectivity index (χ4v) is 1.76. The third-order valence-corrected chi connectivity index (χ3v) is 4.49. The van der Waals surface area contributed by atoms with Gasteiger partial charge in [0.1, 0.15) is 0 Å². The molecule has 0 aliphatic carbocycles. The molecule has 0 heterocycles. The van der Waals surface area contributed by atoms with Crippen molar-refractivity contribution >= 4 is 18.3 Å². The maximum atomic E-state index is 11.3. The fraction of sp³-hybridized carbons (Fsp3) is 1.00. The van der Waals surface area contributed by atoms with E-state index in [1.165, 1.54) is 0 Å². The zero-order valence-corrected chi connectivity index (χ0v) is 8.54. The van der Waals surface area contributed by atoms with Gasteiger partial charge in [0, 0.05) is 0 Å². The van der Waals surface area contributed by atoms with Crippen LogP contribution < -0.4 is 4.89 Å². The molecule has 0 N–H and O–H groups in total. The standard InChI is InChI=1S/C6H15O2PS/c1-5(2)8-9(7,10)6(3)4/h5-6H,1-4H3,(H,7,10)/p-1. The molecule has 0 saturated heterocycles. The Morgan fingerprint density at radius 3 is 1.80 bits per heavy atom. The van der Waals surface area contributed by atoms with Gasteiger partial charge in [0.05, 0.1) is 6.10 Å². The van der Waals surface area contributed by atoms with Crippen LogP contribution in [0.2, 0.25) is 0 Å². The molecule has 0 amide bonds. The summed E-state index contributed by atoms with van der Waals surface area (Å²) in [5.74, 6) is 0. The molecule has 1 unspecified atom stereocenters. The van der Waals surface area contributed by atoms with Crippen LogP contribution in [0, 0.1) is 0 Å². The second-order valence-electron chi connectivity index (χ2n) is 2.79. The molecule has 0 fully saturated rings. The zero-order valence-electron chi connectivity index (χ0n) is 6.83. The highest BCUT2D eigenvalue weighted by Crippen LogP contribution is 2.43. The summed E-state index contributed by atoms with van der Waals surface area (Å²) in [4.78, 5) is 11.3. The first-order chi connectivity index (χ1) is 4.36. The largest absolute Gasteiger partial charge is 0.800 e. The van der Waals surface area contributed by atoms with E-state index in [0.29, 0.717) is 0 Å². The van der Waals surface area contributed by atoms with Gasteiger partial charge in [-0.3, -0.25) is 0 Å². The lowest BCUT2D eigenvalue weighted by Crippen LogP contribution is -2.16. The summed E-state index contributed by atoms with van der Waals surface area (Å²) in [5.41, 5.74) is -0.0510. The van der Waals surface area contributed by atoms with Gasteiger partial charge in [0.2, 0.25) is 0 Å². The van der Waals surface area contributed by atoms with Crippen molar-refractivity contribution in [3.05, 3.63) is 0 Å². The quantitative estimate of drug-likeness (QED) is 0.618. The van der Waals surface area contributed by atoms with Gasteiger partial charge in [-0.2, -0.15) is 0 Å². The second-order valence-corrected chi connectivity index (χ2v) is 6.64. The third kappa shape index (κ3) is 3.67. The number of rotatable bonds is 3. The number of hydrogen-bond donors (Lipinski definition) is 0. The third-order valence-electron chi connectivity index (χ3n) is 0.990. The predicted octanol–water partition coefficient (Wildman–Crippen LogP) is 1.49. The van der Waals surface area contributed by atoms with E-state index in [0.717, 1.165) is 0 Å². The average molecular weight is 181 g/mol. The molecular formula is C6H14O2PS-. The molecule has 0 aliphatic heterocycles. The highest BCUT2D eigenvalue weighted by Gasteiger charge is 2.09. The summed E-state index contributed by atoms with van der Waals surface area (Å²) in [5, 5.41) is 0. The van der Waals surface area contributed by atoms with Crippen molar-refractivity contribution in [2.24, 2.45) is 0 Å². The van der Waals surface area contributed by atoms with Crippen molar-refractivity contribution in [1.29, 1.82) is 0 Å². The Labute approximate surface area is 67.8 Å². The van der Waals surface area contributed by atoms with Gasteiger partial charge in [-0.15, -0.1) is 0 Å².